The van der Waals surface area contributed by atoms with Crippen LogP contribution in [0.3, 0.4) is 0 Å². The molecule has 0 radical (unpaired) electrons. The van der Waals surface area contributed by atoms with Crippen LogP contribution in [0.4, 0.5) is 0 Å². The number of nitrogens with one attached hydrogen (secondary N) is 1. The maximum Gasteiger partial charge on any atom is 0.123 e. The highest BCUT2D eigenvalue weighted by atomic mass is 35.5. The fourth-order valence-corrected chi connectivity index (χ4v) is 1.59. The normalized spacial score (nSPS) is 10.2. The Bertz CT molecular complexity index is 318. The fraction of sp³-hybridized carbons (Fsp3) is 0.571. The van der Waals surface area contributed by atoms with Gasteiger partial charge in [0.05, 0.1) is 13.2 Å². The Morgan fingerprint density at radius 1 is 1.22 bits per heavy atom. The van der Waals surface area contributed by atoms with Crippen molar-refractivity contribution in [1.82, 2.24) is 5.32 Å². The maximum absolute atomic E-state index is 5.47. The van der Waals surface area contributed by atoms with E-state index in [0.717, 1.165) is 31.9 Å². The third-order valence-corrected chi connectivity index (χ3v) is 2.46. The lowest BCUT2D eigenvalue weighted by Crippen LogP contribution is -2.17. The number of hydrogen-bond acceptors (Lipinski definition) is 3. The Balaban J connectivity index is 0.00000289. The molecule has 0 aliphatic rings. The average molecular weight is 274 g/mol. The molecular weight excluding hydrogens is 250 g/mol. The van der Waals surface area contributed by atoms with E-state index < -0.39 is 0 Å². The number of ether oxygens (including phenoxy) is 2. The molecule has 0 fully saturated rings. The second-order valence-electron chi connectivity index (χ2n) is 4.26. The van der Waals surface area contributed by atoms with Gasteiger partial charge in [-0.05, 0) is 32.9 Å². The summed E-state index contributed by atoms with van der Waals surface area (Å²) in [6.07, 6.45) is 1.36. The first-order valence-corrected chi connectivity index (χ1v) is 6.18. The molecule has 1 aromatic rings. The van der Waals surface area contributed by atoms with Crippen molar-refractivity contribution in [1.29, 1.82) is 0 Å². The standard InChI is InChI=1S/C14H23NO2.ClH/c1-12(2)17-10-6-9-15-11-13-7-4-5-8-14(13)16-3;/h4-5,7-8,12,15H,6,9-11H2,1-3H3;1H. The second kappa shape index (κ2) is 10.2. The first-order valence-electron chi connectivity index (χ1n) is 6.18. The van der Waals surface area contributed by atoms with Gasteiger partial charge in [0.2, 0.25) is 0 Å². The summed E-state index contributed by atoms with van der Waals surface area (Å²) in [5.41, 5.74) is 1.19. The van der Waals surface area contributed by atoms with E-state index in [4.69, 9.17) is 9.47 Å². The van der Waals surface area contributed by atoms with Crippen LogP contribution in [-0.4, -0.2) is 26.4 Å². The van der Waals surface area contributed by atoms with E-state index >= 15 is 0 Å². The van der Waals surface area contributed by atoms with Crippen LogP contribution in [0.15, 0.2) is 24.3 Å². The Labute approximate surface area is 116 Å². The third kappa shape index (κ3) is 6.84. The Hall–Kier alpha value is -0.770. The smallest absolute Gasteiger partial charge is 0.123 e. The number of methoxy groups -OCH3 is 1. The lowest BCUT2D eigenvalue weighted by Gasteiger charge is -2.10. The molecule has 18 heavy (non-hydrogen) atoms. The minimum atomic E-state index is 0. The van der Waals surface area contributed by atoms with Gasteiger partial charge in [-0.25, -0.2) is 0 Å². The summed E-state index contributed by atoms with van der Waals surface area (Å²) in [5, 5.41) is 3.39. The van der Waals surface area contributed by atoms with Gasteiger partial charge in [-0.1, -0.05) is 18.2 Å². The molecule has 4 heteroatoms. The van der Waals surface area contributed by atoms with Gasteiger partial charge in [0, 0.05) is 18.7 Å². The summed E-state index contributed by atoms with van der Waals surface area (Å²) >= 11 is 0. The van der Waals surface area contributed by atoms with Crippen molar-refractivity contribution in [3.05, 3.63) is 29.8 Å². The first-order chi connectivity index (χ1) is 8.24. The number of benzene rings is 1. The summed E-state index contributed by atoms with van der Waals surface area (Å²) in [6, 6.07) is 8.08. The molecule has 1 N–H and O–H groups in total. The monoisotopic (exact) mass is 273 g/mol. The first kappa shape index (κ1) is 17.2. The SMILES string of the molecule is COc1ccccc1CNCCCOC(C)C.Cl. The van der Waals surface area contributed by atoms with E-state index in [0.29, 0.717) is 6.10 Å². The fourth-order valence-electron chi connectivity index (χ4n) is 1.59. The molecule has 3 nitrogen and oxygen atoms in total. The van der Waals surface area contributed by atoms with Gasteiger partial charge in [-0.2, -0.15) is 0 Å². The molecular formula is C14H24ClNO2. The number of rotatable bonds is 8. The van der Waals surface area contributed by atoms with Crippen molar-refractivity contribution >= 4 is 12.4 Å². The molecule has 1 aromatic carbocycles. The second-order valence-corrected chi connectivity index (χ2v) is 4.26. The highest BCUT2D eigenvalue weighted by molar-refractivity contribution is 5.85. The number of hydrogen-bond donors (Lipinski definition) is 1. The molecule has 0 unspecified atom stereocenters. The predicted octanol–water partition coefficient (Wildman–Crippen LogP) is 3.02. The largest absolute Gasteiger partial charge is 0.496 e. The molecule has 104 valence electrons. The van der Waals surface area contributed by atoms with Gasteiger partial charge in [-0.3, -0.25) is 0 Å². The van der Waals surface area contributed by atoms with E-state index in [9.17, 15) is 0 Å². The molecule has 0 aromatic heterocycles. The number of halogens is 1. The average Bonchev–Trinajstić information content (AvgIpc) is 2.33. The molecule has 0 heterocycles. The van der Waals surface area contributed by atoms with Crippen LogP contribution < -0.4 is 10.1 Å². The van der Waals surface area contributed by atoms with E-state index in [1.54, 1.807) is 7.11 Å². The van der Waals surface area contributed by atoms with Crippen molar-refractivity contribution in [3.8, 4) is 5.75 Å². The zero-order valence-electron chi connectivity index (χ0n) is 11.4. The molecule has 0 atom stereocenters. The molecule has 0 aliphatic heterocycles. The van der Waals surface area contributed by atoms with Crippen LogP contribution in [0.2, 0.25) is 0 Å². The molecule has 0 saturated heterocycles. The Morgan fingerprint density at radius 3 is 2.61 bits per heavy atom. The zero-order chi connectivity index (χ0) is 12.5. The summed E-state index contributed by atoms with van der Waals surface area (Å²) in [5.74, 6) is 0.943. The van der Waals surface area contributed by atoms with Crippen LogP contribution in [0.5, 0.6) is 5.75 Å². The maximum atomic E-state index is 5.47. The Morgan fingerprint density at radius 2 is 1.94 bits per heavy atom. The van der Waals surface area contributed by atoms with Crippen LogP contribution in [0, 0.1) is 0 Å². The summed E-state index contributed by atoms with van der Waals surface area (Å²) in [4.78, 5) is 0. The van der Waals surface area contributed by atoms with Gasteiger partial charge < -0.3 is 14.8 Å². The lowest BCUT2D eigenvalue weighted by atomic mass is 10.2. The van der Waals surface area contributed by atoms with Crippen LogP contribution >= 0.6 is 12.4 Å². The molecule has 1 rings (SSSR count). The topological polar surface area (TPSA) is 30.5 Å². The minimum absolute atomic E-state index is 0. The van der Waals surface area contributed by atoms with Crippen molar-refractivity contribution < 1.29 is 9.47 Å². The van der Waals surface area contributed by atoms with Crippen LogP contribution in [-0.2, 0) is 11.3 Å². The van der Waals surface area contributed by atoms with Gasteiger partial charge in [0.15, 0.2) is 0 Å². The summed E-state index contributed by atoms with van der Waals surface area (Å²) in [6.45, 7) is 6.73. The van der Waals surface area contributed by atoms with E-state index in [1.165, 1.54) is 5.56 Å². The Kier molecular flexibility index (Phi) is 9.74. The molecule has 0 spiro atoms. The highest BCUT2D eigenvalue weighted by Crippen LogP contribution is 2.16. The van der Waals surface area contributed by atoms with Crippen LogP contribution in [0.25, 0.3) is 0 Å². The van der Waals surface area contributed by atoms with Crippen LogP contribution in [0.1, 0.15) is 25.8 Å². The predicted molar refractivity (Wildman–Crippen MR) is 77.7 cm³/mol. The van der Waals surface area contributed by atoms with Crippen molar-refractivity contribution in [2.24, 2.45) is 0 Å². The third-order valence-electron chi connectivity index (χ3n) is 2.46. The van der Waals surface area contributed by atoms with E-state index in [1.807, 2.05) is 18.2 Å². The van der Waals surface area contributed by atoms with Gasteiger partial charge >= 0.3 is 0 Å². The summed E-state index contributed by atoms with van der Waals surface area (Å²) < 4.78 is 10.8. The quantitative estimate of drug-likeness (QED) is 0.739. The van der Waals surface area contributed by atoms with Gasteiger partial charge in [-0.15, -0.1) is 12.4 Å². The lowest BCUT2D eigenvalue weighted by molar-refractivity contribution is 0.0770. The molecule has 0 bridgehead atoms. The van der Waals surface area contributed by atoms with Crippen molar-refractivity contribution in [3.63, 3.8) is 0 Å². The highest BCUT2D eigenvalue weighted by Gasteiger charge is 2.00. The zero-order valence-corrected chi connectivity index (χ0v) is 12.3. The van der Waals surface area contributed by atoms with Crippen molar-refractivity contribution in [2.45, 2.75) is 32.9 Å². The van der Waals surface area contributed by atoms with E-state index in [2.05, 4.69) is 25.2 Å². The van der Waals surface area contributed by atoms with E-state index in [-0.39, 0.29) is 12.4 Å². The number of para-hydroxylation sites is 1. The minimum Gasteiger partial charge on any atom is -0.496 e. The molecule has 0 amide bonds. The van der Waals surface area contributed by atoms with Crippen molar-refractivity contribution in [2.75, 3.05) is 20.3 Å². The molecule has 0 saturated carbocycles. The van der Waals surface area contributed by atoms with Gasteiger partial charge in [0.1, 0.15) is 5.75 Å². The summed E-state index contributed by atoms with van der Waals surface area (Å²) in [7, 11) is 1.70. The van der Waals surface area contributed by atoms with Gasteiger partial charge in [0.25, 0.3) is 0 Å². The molecule has 0 aliphatic carbocycles.